The van der Waals surface area contributed by atoms with Gasteiger partial charge in [-0.3, -0.25) is 25.2 Å². The summed E-state index contributed by atoms with van der Waals surface area (Å²) in [6, 6.07) is 9.73. The van der Waals surface area contributed by atoms with Crippen LogP contribution in [0.5, 0.6) is 0 Å². The van der Waals surface area contributed by atoms with Crippen molar-refractivity contribution in [2.75, 3.05) is 5.43 Å². The predicted octanol–water partition coefficient (Wildman–Crippen LogP) is 1.91. The standard InChI is InChI=1S/C15H14N2O4/c1-9-8-12(19)13(10(2)18)15(21-9)17-16-14(20)11-6-4-3-5-7-11/h3-8,17H,1-2H3,(H,16,20). The summed E-state index contributed by atoms with van der Waals surface area (Å²) in [5.74, 6) is -0.590. The molecule has 0 radical (unpaired) electrons. The van der Waals surface area contributed by atoms with Gasteiger partial charge in [-0.1, -0.05) is 18.2 Å². The molecule has 2 aromatic rings. The predicted molar refractivity (Wildman–Crippen MR) is 77.3 cm³/mol. The van der Waals surface area contributed by atoms with Gasteiger partial charge in [0.15, 0.2) is 11.2 Å². The smallest absolute Gasteiger partial charge is 0.269 e. The summed E-state index contributed by atoms with van der Waals surface area (Å²) >= 11 is 0. The van der Waals surface area contributed by atoms with Gasteiger partial charge in [0.2, 0.25) is 5.88 Å². The van der Waals surface area contributed by atoms with E-state index in [2.05, 4.69) is 10.9 Å². The van der Waals surface area contributed by atoms with Crippen molar-refractivity contribution in [1.82, 2.24) is 5.43 Å². The summed E-state index contributed by atoms with van der Waals surface area (Å²) in [5, 5.41) is 0. The minimum atomic E-state index is -0.456. The zero-order chi connectivity index (χ0) is 15.4. The molecule has 2 rings (SSSR count). The molecule has 1 heterocycles. The van der Waals surface area contributed by atoms with Crippen molar-refractivity contribution in [1.29, 1.82) is 0 Å². The third-order valence-corrected chi connectivity index (χ3v) is 2.75. The summed E-state index contributed by atoms with van der Waals surface area (Å²) in [4.78, 5) is 35.2. The molecular weight excluding hydrogens is 272 g/mol. The van der Waals surface area contributed by atoms with Crippen LogP contribution >= 0.6 is 0 Å². The highest BCUT2D eigenvalue weighted by molar-refractivity contribution is 5.99. The molecule has 0 aliphatic carbocycles. The van der Waals surface area contributed by atoms with Crippen molar-refractivity contribution in [2.45, 2.75) is 13.8 Å². The number of nitrogens with one attached hydrogen (secondary N) is 2. The molecule has 0 unspecified atom stereocenters. The molecule has 0 aliphatic heterocycles. The maximum absolute atomic E-state index is 11.9. The Labute approximate surface area is 120 Å². The number of hydrogen-bond acceptors (Lipinski definition) is 5. The van der Waals surface area contributed by atoms with E-state index in [4.69, 9.17) is 4.42 Å². The summed E-state index contributed by atoms with van der Waals surface area (Å²) in [5.41, 5.74) is 4.73. The average molecular weight is 286 g/mol. The summed E-state index contributed by atoms with van der Waals surface area (Å²) in [6.07, 6.45) is 0. The van der Waals surface area contributed by atoms with Crippen LogP contribution in [0.15, 0.2) is 45.6 Å². The van der Waals surface area contributed by atoms with Crippen LogP contribution in [-0.4, -0.2) is 11.7 Å². The fraction of sp³-hybridized carbons (Fsp3) is 0.133. The van der Waals surface area contributed by atoms with E-state index in [9.17, 15) is 14.4 Å². The normalized spacial score (nSPS) is 10.0. The van der Waals surface area contributed by atoms with E-state index >= 15 is 0 Å². The van der Waals surface area contributed by atoms with Crippen LogP contribution in [-0.2, 0) is 0 Å². The zero-order valence-corrected chi connectivity index (χ0v) is 11.6. The number of carbonyl (C=O) groups is 2. The van der Waals surface area contributed by atoms with Gasteiger partial charge in [-0.25, -0.2) is 0 Å². The van der Waals surface area contributed by atoms with Gasteiger partial charge < -0.3 is 4.42 Å². The fourth-order valence-electron chi connectivity index (χ4n) is 1.81. The Kier molecular flexibility index (Phi) is 4.18. The molecule has 1 aromatic heterocycles. The maximum Gasteiger partial charge on any atom is 0.269 e. The second kappa shape index (κ2) is 6.04. The third kappa shape index (κ3) is 3.36. The minimum Gasteiger partial charge on any atom is -0.443 e. The van der Waals surface area contributed by atoms with E-state index in [1.54, 1.807) is 37.3 Å². The molecule has 0 saturated heterocycles. The molecule has 1 amide bonds. The van der Waals surface area contributed by atoms with Crippen molar-refractivity contribution < 1.29 is 14.0 Å². The average Bonchev–Trinajstić information content (AvgIpc) is 2.44. The lowest BCUT2D eigenvalue weighted by atomic mass is 10.2. The van der Waals surface area contributed by atoms with Crippen molar-refractivity contribution in [3.05, 3.63) is 63.5 Å². The van der Waals surface area contributed by atoms with Crippen LogP contribution in [0.25, 0.3) is 0 Å². The molecule has 108 valence electrons. The Bertz CT molecular complexity index is 735. The van der Waals surface area contributed by atoms with Gasteiger partial charge in [-0.2, -0.15) is 0 Å². The van der Waals surface area contributed by atoms with E-state index in [-0.39, 0.29) is 11.4 Å². The highest BCUT2D eigenvalue weighted by Crippen LogP contribution is 2.13. The Morgan fingerprint density at radius 1 is 1.14 bits per heavy atom. The number of carbonyl (C=O) groups excluding carboxylic acids is 2. The van der Waals surface area contributed by atoms with Gasteiger partial charge in [0, 0.05) is 11.6 Å². The molecule has 1 aromatic carbocycles. The second-order valence-electron chi connectivity index (χ2n) is 4.43. The first-order valence-electron chi connectivity index (χ1n) is 6.26. The fourth-order valence-corrected chi connectivity index (χ4v) is 1.81. The monoisotopic (exact) mass is 286 g/mol. The van der Waals surface area contributed by atoms with E-state index in [0.29, 0.717) is 11.3 Å². The molecule has 0 fully saturated rings. The third-order valence-electron chi connectivity index (χ3n) is 2.75. The van der Waals surface area contributed by atoms with E-state index in [1.165, 1.54) is 13.0 Å². The number of rotatable bonds is 4. The number of Topliss-reactive ketones (excluding diaryl/α,β-unsaturated/α-hetero) is 1. The SMILES string of the molecule is CC(=O)c1c(NNC(=O)c2ccccc2)oc(C)cc1=O. The molecule has 0 saturated carbocycles. The van der Waals surface area contributed by atoms with Crippen LogP contribution in [0.2, 0.25) is 0 Å². The summed E-state index contributed by atoms with van der Waals surface area (Å²) in [6.45, 7) is 2.83. The van der Waals surface area contributed by atoms with Gasteiger partial charge in [0.25, 0.3) is 5.91 Å². The van der Waals surface area contributed by atoms with Crippen molar-refractivity contribution in [3.63, 3.8) is 0 Å². The molecule has 0 aliphatic rings. The highest BCUT2D eigenvalue weighted by Gasteiger charge is 2.16. The van der Waals surface area contributed by atoms with Crippen molar-refractivity contribution in [3.8, 4) is 0 Å². The Balaban J connectivity index is 2.23. The number of benzene rings is 1. The number of ketones is 1. The molecule has 21 heavy (non-hydrogen) atoms. The van der Waals surface area contributed by atoms with Crippen LogP contribution in [0.3, 0.4) is 0 Å². The van der Waals surface area contributed by atoms with Gasteiger partial charge >= 0.3 is 0 Å². The van der Waals surface area contributed by atoms with Crippen LogP contribution in [0.1, 0.15) is 33.4 Å². The largest absolute Gasteiger partial charge is 0.443 e. The molecule has 0 atom stereocenters. The van der Waals surface area contributed by atoms with Crippen LogP contribution in [0, 0.1) is 6.92 Å². The van der Waals surface area contributed by atoms with Gasteiger partial charge in [-0.15, -0.1) is 0 Å². The number of aryl methyl sites for hydroxylation is 1. The lowest BCUT2D eigenvalue weighted by Crippen LogP contribution is -2.31. The van der Waals surface area contributed by atoms with E-state index in [1.807, 2.05) is 0 Å². The molecular formula is C15H14N2O4. The first-order valence-corrected chi connectivity index (χ1v) is 6.26. The molecule has 6 nitrogen and oxygen atoms in total. The lowest BCUT2D eigenvalue weighted by Gasteiger charge is -2.10. The Morgan fingerprint density at radius 3 is 2.43 bits per heavy atom. The quantitative estimate of drug-likeness (QED) is 0.662. The Morgan fingerprint density at radius 2 is 1.81 bits per heavy atom. The number of anilines is 1. The van der Waals surface area contributed by atoms with E-state index < -0.39 is 17.1 Å². The maximum atomic E-state index is 11.9. The molecule has 0 spiro atoms. The zero-order valence-electron chi connectivity index (χ0n) is 11.6. The van der Waals surface area contributed by atoms with Gasteiger partial charge in [-0.05, 0) is 26.0 Å². The molecule has 6 heteroatoms. The first kappa shape index (κ1) is 14.5. The Hall–Kier alpha value is -2.89. The number of hydrogen-bond donors (Lipinski definition) is 2. The number of amides is 1. The van der Waals surface area contributed by atoms with Crippen LogP contribution < -0.4 is 16.3 Å². The first-order chi connectivity index (χ1) is 9.99. The highest BCUT2D eigenvalue weighted by atomic mass is 16.4. The van der Waals surface area contributed by atoms with Crippen LogP contribution in [0.4, 0.5) is 5.88 Å². The van der Waals surface area contributed by atoms with E-state index in [0.717, 1.165) is 0 Å². The molecule has 0 bridgehead atoms. The van der Waals surface area contributed by atoms with Crippen molar-refractivity contribution in [2.24, 2.45) is 0 Å². The summed E-state index contributed by atoms with van der Waals surface area (Å²) in [7, 11) is 0. The minimum absolute atomic E-state index is 0.0724. The second-order valence-corrected chi connectivity index (χ2v) is 4.43. The summed E-state index contributed by atoms with van der Waals surface area (Å²) < 4.78 is 5.29. The molecule has 2 N–H and O–H groups in total. The van der Waals surface area contributed by atoms with Gasteiger partial charge in [0.1, 0.15) is 11.3 Å². The topological polar surface area (TPSA) is 88.4 Å². The van der Waals surface area contributed by atoms with Gasteiger partial charge in [0.05, 0.1) is 0 Å². The lowest BCUT2D eigenvalue weighted by molar-refractivity contribution is 0.0957. The van der Waals surface area contributed by atoms with Crippen molar-refractivity contribution >= 4 is 17.6 Å². The number of hydrazine groups is 1.